The van der Waals surface area contributed by atoms with Crippen molar-refractivity contribution in [3.8, 4) is 0 Å². The van der Waals surface area contributed by atoms with Gasteiger partial charge in [0, 0.05) is 6.04 Å². The molecule has 2 aromatic rings. The molecule has 0 saturated carbocycles. The summed E-state index contributed by atoms with van der Waals surface area (Å²) in [6, 6.07) is 13.8. The first-order chi connectivity index (χ1) is 9.60. The predicted octanol–water partition coefficient (Wildman–Crippen LogP) is 4.34. The minimum Gasteiger partial charge on any atom is -0.313 e. The van der Waals surface area contributed by atoms with Crippen LogP contribution in [-0.2, 0) is 6.42 Å². The molecule has 2 aromatic carbocycles. The van der Waals surface area contributed by atoms with E-state index in [9.17, 15) is 4.39 Å². The van der Waals surface area contributed by atoms with Crippen molar-refractivity contribution in [3.05, 3.63) is 70.5 Å². The molecule has 1 N–H and O–H groups in total. The van der Waals surface area contributed by atoms with Crippen molar-refractivity contribution in [3.63, 3.8) is 0 Å². The zero-order chi connectivity index (χ0) is 14.5. The lowest BCUT2D eigenvalue weighted by atomic mass is 9.95. The quantitative estimate of drug-likeness (QED) is 0.853. The first kappa shape index (κ1) is 14.7. The molecule has 0 bridgehead atoms. The number of rotatable bonds is 5. The van der Waals surface area contributed by atoms with E-state index in [2.05, 4.69) is 36.5 Å². The fourth-order valence-corrected chi connectivity index (χ4v) is 2.51. The minimum atomic E-state index is -0.166. The van der Waals surface area contributed by atoms with Gasteiger partial charge in [0.25, 0.3) is 0 Å². The molecule has 20 heavy (non-hydrogen) atoms. The summed E-state index contributed by atoms with van der Waals surface area (Å²) in [7, 11) is 1.93. The fourth-order valence-electron chi connectivity index (χ4n) is 2.51. The zero-order valence-corrected chi connectivity index (χ0v) is 12.4. The smallest absolute Gasteiger partial charge is 0.123 e. The highest BCUT2D eigenvalue weighted by Gasteiger charge is 2.12. The molecule has 0 fully saturated rings. The van der Waals surface area contributed by atoms with Crippen molar-refractivity contribution in [2.75, 3.05) is 7.05 Å². The van der Waals surface area contributed by atoms with Gasteiger partial charge in [0.05, 0.1) is 0 Å². The Morgan fingerprint density at radius 3 is 2.40 bits per heavy atom. The Labute approximate surface area is 120 Å². The summed E-state index contributed by atoms with van der Waals surface area (Å²) in [6.45, 7) is 4.13. The van der Waals surface area contributed by atoms with Crippen molar-refractivity contribution in [2.24, 2.45) is 0 Å². The van der Waals surface area contributed by atoms with Gasteiger partial charge in [-0.2, -0.15) is 0 Å². The highest BCUT2D eigenvalue weighted by molar-refractivity contribution is 5.30. The molecule has 1 nitrogen and oxygen atoms in total. The molecule has 0 saturated heterocycles. The summed E-state index contributed by atoms with van der Waals surface area (Å²) in [5.41, 5.74) is 4.79. The minimum absolute atomic E-state index is 0.166. The van der Waals surface area contributed by atoms with Crippen LogP contribution in [0.5, 0.6) is 0 Å². The summed E-state index contributed by atoms with van der Waals surface area (Å²) in [4.78, 5) is 0. The lowest BCUT2D eigenvalue weighted by molar-refractivity contribution is 0.539. The van der Waals surface area contributed by atoms with Crippen molar-refractivity contribution in [2.45, 2.75) is 32.7 Å². The van der Waals surface area contributed by atoms with E-state index in [1.54, 1.807) is 6.07 Å². The molecular formula is C18H22FN. The molecule has 2 heteroatoms. The van der Waals surface area contributed by atoms with E-state index in [4.69, 9.17) is 0 Å². The highest BCUT2D eigenvalue weighted by Crippen LogP contribution is 2.23. The van der Waals surface area contributed by atoms with Crippen LogP contribution >= 0.6 is 0 Å². The van der Waals surface area contributed by atoms with Gasteiger partial charge in [-0.1, -0.05) is 35.9 Å². The van der Waals surface area contributed by atoms with Crippen LogP contribution in [-0.4, -0.2) is 7.05 Å². The molecule has 0 aliphatic rings. The van der Waals surface area contributed by atoms with E-state index in [1.807, 2.05) is 20.0 Å². The van der Waals surface area contributed by atoms with Crippen molar-refractivity contribution in [1.82, 2.24) is 5.32 Å². The van der Waals surface area contributed by atoms with Crippen LogP contribution in [0.3, 0.4) is 0 Å². The Balaban J connectivity index is 2.09. The lowest BCUT2D eigenvalue weighted by Gasteiger charge is -2.19. The Morgan fingerprint density at radius 1 is 1.05 bits per heavy atom. The summed E-state index contributed by atoms with van der Waals surface area (Å²) in [6.07, 6.45) is 1.95. The molecule has 106 valence electrons. The maximum atomic E-state index is 13.4. The molecular weight excluding hydrogens is 249 g/mol. The number of halogens is 1. The molecule has 1 unspecified atom stereocenters. The van der Waals surface area contributed by atoms with Gasteiger partial charge in [-0.05, 0) is 62.6 Å². The second-order valence-corrected chi connectivity index (χ2v) is 5.37. The summed E-state index contributed by atoms with van der Waals surface area (Å²) >= 11 is 0. The first-order valence-electron chi connectivity index (χ1n) is 7.09. The number of benzene rings is 2. The average molecular weight is 271 g/mol. The van der Waals surface area contributed by atoms with Gasteiger partial charge in [-0.3, -0.25) is 0 Å². The van der Waals surface area contributed by atoms with E-state index in [-0.39, 0.29) is 11.9 Å². The average Bonchev–Trinajstić information content (AvgIpc) is 2.45. The molecule has 0 radical (unpaired) electrons. The van der Waals surface area contributed by atoms with E-state index in [0.29, 0.717) is 0 Å². The van der Waals surface area contributed by atoms with Crippen LogP contribution in [0.4, 0.5) is 4.39 Å². The molecule has 0 spiro atoms. The van der Waals surface area contributed by atoms with Gasteiger partial charge < -0.3 is 5.32 Å². The van der Waals surface area contributed by atoms with Gasteiger partial charge in [0.1, 0.15) is 5.82 Å². The molecule has 2 rings (SSSR count). The standard InChI is InChI=1S/C18H22FN/c1-13-4-7-15(8-5-13)9-11-18(20-3)17-12-16(19)10-6-14(17)2/h4-8,10,12,18,20H,9,11H2,1-3H3. The molecule has 0 aliphatic heterocycles. The maximum Gasteiger partial charge on any atom is 0.123 e. The van der Waals surface area contributed by atoms with Gasteiger partial charge in [-0.25, -0.2) is 4.39 Å². The molecule has 0 aromatic heterocycles. The third-order valence-corrected chi connectivity index (χ3v) is 3.81. The normalized spacial score (nSPS) is 12.4. The predicted molar refractivity (Wildman–Crippen MR) is 82.4 cm³/mol. The number of nitrogens with one attached hydrogen (secondary N) is 1. The third kappa shape index (κ3) is 3.67. The highest BCUT2D eigenvalue weighted by atomic mass is 19.1. The topological polar surface area (TPSA) is 12.0 Å². The third-order valence-electron chi connectivity index (χ3n) is 3.81. The zero-order valence-electron chi connectivity index (χ0n) is 12.4. The van der Waals surface area contributed by atoms with Crippen molar-refractivity contribution in [1.29, 1.82) is 0 Å². The molecule has 0 amide bonds. The van der Waals surface area contributed by atoms with Crippen LogP contribution in [0.25, 0.3) is 0 Å². The van der Waals surface area contributed by atoms with Crippen molar-refractivity contribution < 1.29 is 4.39 Å². The molecule has 0 aliphatic carbocycles. The van der Waals surface area contributed by atoms with Gasteiger partial charge in [0.2, 0.25) is 0 Å². The van der Waals surface area contributed by atoms with E-state index < -0.39 is 0 Å². The second-order valence-electron chi connectivity index (χ2n) is 5.37. The largest absolute Gasteiger partial charge is 0.313 e. The van der Waals surface area contributed by atoms with E-state index in [1.165, 1.54) is 17.2 Å². The van der Waals surface area contributed by atoms with Crippen LogP contribution in [0.1, 0.15) is 34.7 Å². The summed E-state index contributed by atoms with van der Waals surface area (Å²) in [5.74, 6) is -0.166. The Hall–Kier alpha value is -1.67. The van der Waals surface area contributed by atoms with Crippen molar-refractivity contribution >= 4 is 0 Å². The fraction of sp³-hybridized carbons (Fsp3) is 0.333. The summed E-state index contributed by atoms with van der Waals surface area (Å²) < 4.78 is 13.4. The van der Waals surface area contributed by atoms with Gasteiger partial charge in [-0.15, -0.1) is 0 Å². The van der Waals surface area contributed by atoms with Gasteiger partial charge in [0.15, 0.2) is 0 Å². The first-order valence-corrected chi connectivity index (χ1v) is 7.09. The number of hydrogen-bond donors (Lipinski definition) is 1. The molecule has 0 heterocycles. The van der Waals surface area contributed by atoms with Crippen LogP contribution < -0.4 is 5.32 Å². The van der Waals surface area contributed by atoms with Crippen LogP contribution in [0.2, 0.25) is 0 Å². The second kappa shape index (κ2) is 6.67. The van der Waals surface area contributed by atoms with E-state index >= 15 is 0 Å². The maximum absolute atomic E-state index is 13.4. The van der Waals surface area contributed by atoms with Crippen LogP contribution in [0, 0.1) is 19.7 Å². The summed E-state index contributed by atoms with van der Waals surface area (Å²) in [5, 5.41) is 3.30. The van der Waals surface area contributed by atoms with Crippen LogP contribution in [0.15, 0.2) is 42.5 Å². The lowest BCUT2D eigenvalue weighted by Crippen LogP contribution is -2.18. The monoisotopic (exact) mass is 271 g/mol. The number of aryl methyl sites for hydroxylation is 3. The Bertz CT molecular complexity index is 560. The Morgan fingerprint density at radius 2 is 1.75 bits per heavy atom. The number of hydrogen-bond acceptors (Lipinski definition) is 1. The molecule has 1 atom stereocenters. The van der Waals surface area contributed by atoms with Gasteiger partial charge >= 0.3 is 0 Å². The Kier molecular flexibility index (Phi) is 4.91. The van der Waals surface area contributed by atoms with E-state index in [0.717, 1.165) is 24.0 Å². The SMILES string of the molecule is CNC(CCc1ccc(C)cc1)c1cc(F)ccc1C.